The van der Waals surface area contributed by atoms with Crippen LogP contribution in [0.15, 0.2) is 0 Å². The molecular weight excluding hydrogens is 553 g/mol. The Morgan fingerprint density at radius 3 is 1.37 bits per heavy atom. The van der Waals surface area contributed by atoms with Gasteiger partial charge in [-0.2, -0.15) is 8.42 Å². The van der Waals surface area contributed by atoms with E-state index >= 15 is 0 Å². The molecular formula is C18H46O12SSi4. The Bertz CT molecular complexity index is 642. The van der Waals surface area contributed by atoms with Gasteiger partial charge in [-0.05, 0) is 34.1 Å². The maximum Gasteiger partial charge on any atom is 0.493 e. The van der Waals surface area contributed by atoms with Gasteiger partial charge in [0.25, 0.3) is 10.1 Å². The third-order valence-electron chi connectivity index (χ3n) is 4.52. The molecule has 35 heavy (non-hydrogen) atoms. The van der Waals surface area contributed by atoms with Crippen LogP contribution in [0.5, 0.6) is 0 Å². The summed E-state index contributed by atoms with van der Waals surface area (Å²) in [6.45, 7) is 13.0. The first kappa shape index (κ1) is 35.4. The smallest absolute Gasteiger partial charge is 0.390 e. The molecule has 0 radical (unpaired) electrons. The van der Waals surface area contributed by atoms with Crippen LogP contribution in [0.2, 0.25) is 24.7 Å². The zero-order chi connectivity index (χ0) is 27.2. The highest BCUT2D eigenvalue weighted by Gasteiger charge is 2.59. The molecule has 212 valence electrons. The highest BCUT2D eigenvalue weighted by atomic mass is 32.2. The van der Waals surface area contributed by atoms with Crippen molar-refractivity contribution in [2.24, 2.45) is 0 Å². The van der Waals surface area contributed by atoms with Crippen molar-refractivity contribution < 1.29 is 52.6 Å². The molecule has 12 nitrogen and oxygen atoms in total. The third kappa shape index (κ3) is 14.2. The van der Waals surface area contributed by atoms with Crippen LogP contribution < -0.4 is 0 Å². The summed E-state index contributed by atoms with van der Waals surface area (Å²) in [4.78, 5) is 22.5. The predicted octanol–water partition coefficient (Wildman–Crippen LogP) is 2.65. The van der Waals surface area contributed by atoms with E-state index in [0.29, 0.717) is 12.8 Å². The third-order valence-corrected chi connectivity index (χ3v) is 19.7. The molecule has 0 aliphatic carbocycles. The van der Waals surface area contributed by atoms with Crippen LogP contribution in [0.4, 0.5) is 0 Å². The van der Waals surface area contributed by atoms with E-state index in [9.17, 15) is 22.6 Å². The minimum Gasteiger partial charge on any atom is -0.390 e. The van der Waals surface area contributed by atoms with E-state index in [2.05, 4.69) is 0 Å². The molecule has 0 saturated heterocycles. The molecule has 0 aliphatic heterocycles. The van der Waals surface area contributed by atoms with E-state index in [4.69, 9.17) is 30.0 Å². The van der Waals surface area contributed by atoms with Crippen LogP contribution in [-0.4, -0.2) is 90.0 Å². The Morgan fingerprint density at radius 1 is 0.657 bits per heavy atom. The predicted molar refractivity (Wildman–Crippen MR) is 139 cm³/mol. The first-order valence-electron chi connectivity index (χ1n) is 12.3. The zero-order valence-corrected chi connectivity index (χ0v) is 27.0. The molecule has 0 spiro atoms. The molecule has 0 heterocycles. The summed E-state index contributed by atoms with van der Waals surface area (Å²) < 4.78 is 73.6. The van der Waals surface area contributed by atoms with Crippen LogP contribution in [0.3, 0.4) is 0 Å². The summed E-state index contributed by atoms with van der Waals surface area (Å²) >= 11 is 0. The average Bonchev–Trinajstić information content (AvgIpc) is 2.67. The van der Waals surface area contributed by atoms with E-state index in [1.54, 1.807) is 27.7 Å². The van der Waals surface area contributed by atoms with Gasteiger partial charge in [-0.3, -0.25) is 4.55 Å². The van der Waals surface area contributed by atoms with Gasteiger partial charge in [0.05, 0.1) is 5.75 Å². The molecule has 0 aromatic carbocycles. The van der Waals surface area contributed by atoms with Gasteiger partial charge >= 0.3 is 35.2 Å². The Hall–Kier alpha value is 0.418. The molecule has 0 saturated carbocycles. The summed E-state index contributed by atoms with van der Waals surface area (Å²) in [5.41, 5.74) is 0. The van der Waals surface area contributed by atoms with E-state index in [1.807, 2.05) is 13.8 Å². The SMILES string of the molecule is CCC[Si](O)(OCC)O[Si](C)(O[Si](O)(CCC)OCC)O[Si](CCCS(=O)(=O)O)(OCC)OCC. The minimum absolute atomic E-state index is 0.000230. The molecule has 0 aliphatic rings. The largest absolute Gasteiger partial charge is 0.493 e. The Morgan fingerprint density at radius 2 is 1.06 bits per heavy atom. The fraction of sp³-hybridized carbons (Fsp3) is 1.00. The van der Waals surface area contributed by atoms with Crippen molar-refractivity contribution in [3.8, 4) is 0 Å². The molecule has 2 unspecified atom stereocenters. The molecule has 0 fully saturated rings. The topological polar surface area (TPSA) is 159 Å². The standard InChI is InChI=1S/C18H46O12SSi4/c1-8-16-33(22,24-10-3)28-32(7,29-34(23,17-9-2)25-11-4)30-35(26-12-5,27-13-6)18-14-15-31(19,20)21/h22-23H,8-18H2,1-7H3,(H,19,20,21). The fourth-order valence-corrected chi connectivity index (χ4v) is 19.3. The number of hydrogen-bond acceptors (Lipinski definition) is 11. The summed E-state index contributed by atoms with van der Waals surface area (Å²) in [6, 6.07) is 0.507. The molecule has 3 N–H and O–H groups in total. The normalized spacial score (nSPS) is 18.1. The first-order valence-corrected chi connectivity index (χ1v) is 22.0. The summed E-state index contributed by atoms with van der Waals surface area (Å²) in [6.07, 6.45) is 1.14. The Kier molecular flexibility index (Phi) is 16.6. The molecule has 0 aromatic rings. The van der Waals surface area contributed by atoms with Crippen LogP contribution in [0, 0.1) is 0 Å². The van der Waals surface area contributed by atoms with E-state index in [1.165, 1.54) is 6.55 Å². The van der Waals surface area contributed by atoms with Gasteiger partial charge in [-0.25, -0.2) is 0 Å². The summed E-state index contributed by atoms with van der Waals surface area (Å²) in [7, 11) is -19.5. The lowest BCUT2D eigenvalue weighted by atomic mass is 10.6. The minimum atomic E-state index is -4.21. The zero-order valence-electron chi connectivity index (χ0n) is 22.2. The van der Waals surface area contributed by atoms with Gasteiger partial charge in [-0.15, -0.1) is 0 Å². The monoisotopic (exact) mass is 598 g/mol. The lowest BCUT2D eigenvalue weighted by Gasteiger charge is -2.42. The Labute approximate surface area is 215 Å². The summed E-state index contributed by atoms with van der Waals surface area (Å²) in [5, 5.41) is 0. The van der Waals surface area contributed by atoms with Gasteiger partial charge in [0.1, 0.15) is 0 Å². The van der Waals surface area contributed by atoms with Gasteiger partial charge in [0.2, 0.25) is 0 Å². The summed E-state index contributed by atoms with van der Waals surface area (Å²) in [5.74, 6) is -0.508. The number of hydrogen-bond donors (Lipinski definition) is 3. The van der Waals surface area contributed by atoms with Gasteiger partial charge in [0.15, 0.2) is 0 Å². The highest BCUT2D eigenvalue weighted by molar-refractivity contribution is 7.85. The van der Waals surface area contributed by atoms with Gasteiger partial charge in [-0.1, -0.05) is 26.7 Å². The van der Waals surface area contributed by atoms with Crippen molar-refractivity contribution in [1.29, 1.82) is 0 Å². The second kappa shape index (κ2) is 16.4. The molecule has 0 rings (SSSR count). The maximum absolute atomic E-state index is 11.3. The quantitative estimate of drug-likeness (QED) is 0.124. The first-order chi connectivity index (χ1) is 16.2. The van der Waals surface area contributed by atoms with Crippen LogP contribution in [0.1, 0.15) is 60.8 Å². The van der Waals surface area contributed by atoms with Crippen molar-refractivity contribution in [1.82, 2.24) is 0 Å². The molecule has 17 heteroatoms. The van der Waals surface area contributed by atoms with E-state index < -0.39 is 51.1 Å². The maximum atomic E-state index is 11.3. The van der Waals surface area contributed by atoms with Crippen molar-refractivity contribution in [3.05, 3.63) is 0 Å². The van der Waals surface area contributed by atoms with E-state index in [-0.39, 0.29) is 51.0 Å². The second-order valence-electron chi connectivity index (χ2n) is 7.90. The lowest BCUT2D eigenvalue weighted by molar-refractivity contribution is 0.0544. The highest BCUT2D eigenvalue weighted by Crippen LogP contribution is 2.31. The van der Waals surface area contributed by atoms with Crippen molar-refractivity contribution >= 4 is 45.3 Å². The molecule has 0 aromatic heterocycles. The van der Waals surface area contributed by atoms with Crippen molar-refractivity contribution in [2.75, 3.05) is 32.2 Å². The molecule has 0 bridgehead atoms. The van der Waals surface area contributed by atoms with Crippen molar-refractivity contribution in [2.45, 2.75) is 85.5 Å². The van der Waals surface area contributed by atoms with Crippen LogP contribution in [-0.2, 0) is 40.2 Å². The fourth-order valence-electron chi connectivity index (χ4n) is 3.52. The van der Waals surface area contributed by atoms with Crippen molar-refractivity contribution in [3.63, 3.8) is 0 Å². The van der Waals surface area contributed by atoms with E-state index in [0.717, 1.165) is 0 Å². The van der Waals surface area contributed by atoms with Crippen LogP contribution >= 0.6 is 0 Å². The number of rotatable bonds is 22. The average molecular weight is 599 g/mol. The van der Waals surface area contributed by atoms with Crippen LogP contribution in [0.25, 0.3) is 0 Å². The second-order valence-corrected chi connectivity index (χ2v) is 20.5. The Balaban J connectivity index is 6.41. The lowest BCUT2D eigenvalue weighted by Crippen LogP contribution is -2.66. The molecule has 0 amide bonds. The molecule has 2 atom stereocenters. The van der Waals surface area contributed by atoms with Gasteiger partial charge in [0, 0.05) is 51.1 Å². The van der Waals surface area contributed by atoms with Gasteiger partial charge < -0.3 is 39.6 Å².